The zero-order valence-corrected chi connectivity index (χ0v) is 13.1. The van der Waals surface area contributed by atoms with Gasteiger partial charge in [0.25, 0.3) is 0 Å². The molecule has 2 aromatic carbocycles. The summed E-state index contributed by atoms with van der Waals surface area (Å²) in [6.07, 6.45) is 0.257. The summed E-state index contributed by atoms with van der Waals surface area (Å²) >= 11 is 11.8. The zero-order chi connectivity index (χ0) is 15.2. The Morgan fingerprint density at radius 3 is 2.57 bits per heavy atom. The molecule has 2 N–H and O–H groups in total. The lowest BCUT2D eigenvalue weighted by Gasteiger charge is -2.08. The third kappa shape index (κ3) is 4.74. The topological polar surface area (TPSA) is 41.1 Å². The number of hydrogen-bond acceptors (Lipinski definition) is 2. The molecule has 0 bridgehead atoms. The number of anilines is 1. The van der Waals surface area contributed by atoms with E-state index in [0.29, 0.717) is 10.0 Å². The zero-order valence-electron chi connectivity index (χ0n) is 11.6. The van der Waals surface area contributed by atoms with Crippen molar-refractivity contribution < 1.29 is 4.79 Å². The number of rotatable bonds is 5. The van der Waals surface area contributed by atoms with E-state index in [-0.39, 0.29) is 12.3 Å². The quantitative estimate of drug-likeness (QED) is 0.876. The van der Waals surface area contributed by atoms with Gasteiger partial charge in [-0.25, -0.2) is 0 Å². The summed E-state index contributed by atoms with van der Waals surface area (Å²) in [5, 5.41) is 6.90. The third-order valence-electron chi connectivity index (χ3n) is 2.94. The lowest BCUT2D eigenvalue weighted by molar-refractivity contribution is -0.115. The van der Waals surface area contributed by atoms with Gasteiger partial charge in [-0.1, -0.05) is 41.4 Å². The number of carbonyl (C=O) groups is 1. The van der Waals surface area contributed by atoms with Gasteiger partial charge in [-0.05, 0) is 42.4 Å². The molecule has 0 atom stereocenters. The van der Waals surface area contributed by atoms with Gasteiger partial charge in [-0.15, -0.1) is 0 Å². The summed E-state index contributed by atoms with van der Waals surface area (Å²) in [6.45, 7) is 0.760. The molecule has 2 rings (SSSR count). The minimum Gasteiger partial charge on any atom is -0.326 e. The second-order valence-electron chi connectivity index (χ2n) is 4.70. The van der Waals surface area contributed by atoms with Crippen molar-refractivity contribution in [3.05, 3.63) is 63.6 Å². The van der Waals surface area contributed by atoms with Crippen LogP contribution in [0.25, 0.3) is 0 Å². The SMILES string of the molecule is CNCc1cccc(NC(=O)Cc2ccc(Cl)c(Cl)c2)c1. The van der Waals surface area contributed by atoms with E-state index < -0.39 is 0 Å². The molecular formula is C16H16Cl2N2O. The first-order valence-corrected chi connectivity index (χ1v) is 7.31. The summed E-state index contributed by atoms with van der Waals surface area (Å²) < 4.78 is 0. The van der Waals surface area contributed by atoms with Gasteiger partial charge >= 0.3 is 0 Å². The van der Waals surface area contributed by atoms with Crippen LogP contribution in [0.15, 0.2) is 42.5 Å². The summed E-state index contributed by atoms with van der Waals surface area (Å²) in [6, 6.07) is 12.9. The minimum atomic E-state index is -0.0880. The van der Waals surface area contributed by atoms with Crippen LogP contribution in [0.1, 0.15) is 11.1 Å². The van der Waals surface area contributed by atoms with Gasteiger partial charge in [0.2, 0.25) is 5.91 Å². The molecule has 110 valence electrons. The molecule has 0 heterocycles. The Morgan fingerprint density at radius 1 is 1.05 bits per heavy atom. The molecule has 21 heavy (non-hydrogen) atoms. The van der Waals surface area contributed by atoms with Crippen molar-refractivity contribution >= 4 is 34.8 Å². The Balaban J connectivity index is 2.01. The predicted octanol–water partition coefficient (Wildman–Crippen LogP) is 3.89. The molecule has 0 aliphatic rings. The predicted molar refractivity (Wildman–Crippen MR) is 88.0 cm³/mol. The molecule has 0 unspecified atom stereocenters. The molecule has 0 aliphatic heterocycles. The maximum atomic E-state index is 12.0. The first-order valence-electron chi connectivity index (χ1n) is 6.56. The molecule has 0 saturated carbocycles. The number of benzene rings is 2. The van der Waals surface area contributed by atoms with Crippen LogP contribution in [0.4, 0.5) is 5.69 Å². The van der Waals surface area contributed by atoms with Gasteiger partial charge in [0.05, 0.1) is 16.5 Å². The highest BCUT2D eigenvalue weighted by atomic mass is 35.5. The van der Waals surface area contributed by atoms with Gasteiger partial charge in [0, 0.05) is 12.2 Å². The van der Waals surface area contributed by atoms with Crippen molar-refractivity contribution in [2.45, 2.75) is 13.0 Å². The molecule has 0 aromatic heterocycles. The van der Waals surface area contributed by atoms with E-state index in [0.717, 1.165) is 23.4 Å². The fourth-order valence-corrected chi connectivity index (χ4v) is 2.32. The van der Waals surface area contributed by atoms with E-state index in [9.17, 15) is 4.79 Å². The number of carbonyl (C=O) groups excluding carboxylic acids is 1. The Labute approximate surface area is 134 Å². The van der Waals surface area contributed by atoms with Gasteiger partial charge in [0.1, 0.15) is 0 Å². The second-order valence-corrected chi connectivity index (χ2v) is 5.52. The fraction of sp³-hybridized carbons (Fsp3) is 0.188. The molecule has 0 spiro atoms. The summed E-state index contributed by atoms with van der Waals surface area (Å²) in [7, 11) is 1.88. The van der Waals surface area contributed by atoms with Crippen molar-refractivity contribution in [2.24, 2.45) is 0 Å². The maximum Gasteiger partial charge on any atom is 0.228 e. The lowest BCUT2D eigenvalue weighted by atomic mass is 10.1. The van der Waals surface area contributed by atoms with Crippen molar-refractivity contribution in [1.82, 2.24) is 5.32 Å². The maximum absolute atomic E-state index is 12.0. The van der Waals surface area contributed by atoms with Crippen LogP contribution in [0.3, 0.4) is 0 Å². The van der Waals surface area contributed by atoms with Crippen LogP contribution in [-0.4, -0.2) is 13.0 Å². The molecular weight excluding hydrogens is 307 g/mol. The van der Waals surface area contributed by atoms with Crippen molar-refractivity contribution in [3.63, 3.8) is 0 Å². The molecule has 0 radical (unpaired) electrons. The van der Waals surface area contributed by atoms with E-state index in [4.69, 9.17) is 23.2 Å². The van der Waals surface area contributed by atoms with E-state index >= 15 is 0 Å². The summed E-state index contributed by atoms with van der Waals surface area (Å²) in [4.78, 5) is 12.0. The highest BCUT2D eigenvalue weighted by Gasteiger charge is 2.06. The summed E-state index contributed by atoms with van der Waals surface area (Å²) in [5.74, 6) is -0.0880. The molecule has 0 fully saturated rings. The van der Waals surface area contributed by atoms with Gasteiger partial charge in [-0.3, -0.25) is 4.79 Å². The second kappa shape index (κ2) is 7.46. The van der Waals surface area contributed by atoms with E-state index in [1.165, 1.54) is 0 Å². The molecule has 2 aromatic rings. The number of amides is 1. The van der Waals surface area contributed by atoms with Crippen LogP contribution in [0, 0.1) is 0 Å². The van der Waals surface area contributed by atoms with Crippen LogP contribution in [0.5, 0.6) is 0 Å². The van der Waals surface area contributed by atoms with Crippen LogP contribution in [0.2, 0.25) is 10.0 Å². The Kier molecular flexibility index (Phi) is 5.62. The average molecular weight is 323 g/mol. The first kappa shape index (κ1) is 15.8. The summed E-state index contributed by atoms with van der Waals surface area (Å²) in [5.41, 5.74) is 2.73. The highest BCUT2D eigenvalue weighted by Crippen LogP contribution is 2.23. The number of hydrogen-bond donors (Lipinski definition) is 2. The van der Waals surface area contributed by atoms with Gasteiger partial charge < -0.3 is 10.6 Å². The Hall–Kier alpha value is -1.55. The lowest BCUT2D eigenvalue weighted by Crippen LogP contribution is -2.15. The molecule has 3 nitrogen and oxygen atoms in total. The first-order chi connectivity index (χ1) is 10.1. The van der Waals surface area contributed by atoms with Gasteiger partial charge in [0.15, 0.2) is 0 Å². The van der Waals surface area contributed by atoms with Crippen molar-refractivity contribution in [3.8, 4) is 0 Å². The van der Waals surface area contributed by atoms with Gasteiger partial charge in [-0.2, -0.15) is 0 Å². The number of nitrogens with one attached hydrogen (secondary N) is 2. The van der Waals surface area contributed by atoms with Crippen LogP contribution >= 0.6 is 23.2 Å². The highest BCUT2D eigenvalue weighted by molar-refractivity contribution is 6.42. The minimum absolute atomic E-state index is 0.0880. The van der Waals surface area contributed by atoms with Crippen LogP contribution in [-0.2, 0) is 17.8 Å². The Bertz CT molecular complexity index is 644. The van der Waals surface area contributed by atoms with Crippen molar-refractivity contribution in [1.29, 1.82) is 0 Å². The van der Waals surface area contributed by atoms with E-state index in [1.54, 1.807) is 18.2 Å². The van der Waals surface area contributed by atoms with E-state index in [1.807, 2.05) is 31.3 Å². The normalized spacial score (nSPS) is 10.4. The van der Waals surface area contributed by atoms with Crippen molar-refractivity contribution in [2.75, 3.05) is 12.4 Å². The third-order valence-corrected chi connectivity index (χ3v) is 3.68. The molecule has 5 heteroatoms. The van der Waals surface area contributed by atoms with Crippen LogP contribution < -0.4 is 10.6 Å². The molecule has 0 saturated heterocycles. The average Bonchev–Trinajstić information content (AvgIpc) is 2.43. The fourth-order valence-electron chi connectivity index (χ4n) is 2.00. The smallest absolute Gasteiger partial charge is 0.228 e. The standard InChI is InChI=1S/C16H16Cl2N2O/c1-19-10-12-3-2-4-13(7-12)20-16(21)9-11-5-6-14(17)15(18)8-11/h2-8,19H,9-10H2,1H3,(H,20,21). The Morgan fingerprint density at radius 2 is 1.86 bits per heavy atom. The monoisotopic (exact) mass is 322 g/mol. The number of halogens is 2. The molecule has 0 aliphatic carbocycles. The van der Waals surface area contributed by atoms with E-state index in [2.05, 4.69) is 10.6 Å². The largest absolute Gasteiger partial charge is 0.326 e. The molecule has 1 amide bonds.